The number of hydrogen-bond donors (Lipinski definition) is 1. The van der Waals surface area contributed by atoms with Crippen molar-refractivity contribution < 1.29 is 23.1 Å². The molecular weight excluding hydrogens is 253 g/mol. The molecule has 19 heavy (non-hydrogen) atoms. The van der Waals surface area contributed by atoms with Crippen molar-refractivity contribution in [3.8, 4) is 0 Å². The lowest BCUT2D eigenvalue weighted by atomic mass is 10.1. The number of carbonyl (C=O) groups excluding carboxylic acids is 2. The number of carbonyl (C=O) groups is 2. The van der Waals surface area contributed by atoms with E-state index in [0.717, 1.165) is 12.1 Å². The summed E-state index contributed by atoms with van der Waals surface area (Å²) in [4.78, 5) is 23.3. The highest BCUT2D eigenvalue weighted by Crippen LogP contribution is 2.19. The fourth-order valence-electron chi connectivity index (χ4n) is 1.50. The second kappa shape index (κ2) is 5.34. The van der Waals surface area contributed by atoms with Crippen LogP contribution >= 0.6 is 0 Å². The van der Waals surface area contributed by atoms with Crippen molar-refractivity contribution in [2.24, 2.45) is 0 Å². The molecule has 0 atom stereocenters. The van der Waals surface area contributed by atoms with Gasteiger partial charge in [-0.2, -0.15) is 0 Å². The second-order valence-electron chi connectivity index (χ2n) is 3.61. The molecule has 1 aromatic heterocycles. The van der Waals surface area contributed by atoms with Crippen LogP contribution in [0, 0.1) is 5.82 Å². The van der Waals surface area contributed by atoms with Gasteiger partial charge in [0.25, 0.3) is 5.91 Å². The Hall–Kier alpha value is -2.63. The molecule has 6 heteroatoms. The van der Waals surface area contributed by atoms with Gasteiger partial charge in [-0.1, -0.05) is 0 Å². The molecule has 5 nitrogen and oxygen atoms in total. The fraction of sp³-hybridized carbons (Fsp3) is 0.0769. The molecule has 0 saturated heterocycles. The molecule has 0 radical (unpaired) electrons. The second-order valence-corrected chi connectivity index (χ2v) is 3.61. The molecule has 1 amide bonds. The smallest absolute Gasteiger partial charge is 0.339 e. The van der Waals surface area contributed by atoms with E-state index in [2.05, 4.69) is 10.1 Å². The quantitative estimate of drug-likeness (QED) is 0.863. The van der Waals surface area contributed by atoms with Gasteiger partial charge in [-0.05, 0) is 30.3 Å². The Labute approximate surface area is 108 Å². The van der Waals surface area contributed by atoms with Gasteiger partial charge in [0.15, 0.2) is 5.76 Å². The Morgan fingerprint density at radius 1 is 1.32 bits per heavy atom. The van der Waals surface area contributed by atoms with Crippen LogP contribution in [0.4, 0.5) is 10.1 Å². The van der Waals surface area contributed by atoms with E-state index in [1.807, 2.05) is 0 Å². The van der Waals surface area contributed by atoms with Gasteiger partial charge in [0.1, 0.15) is 5.82 Å². The normalized spacial score (nSPS) is 10.0. The van der Waals surface area contributed by atoms with Crippen molar-refractivity contribution >= 4 is 17.6 Å². The number of esters is 1. The van der Waals surface area contributed by atoms with E-state index in [1.165, 1.54) is 25.5 Å². The topological polar surface area (TPSA) is 68.5 Å². The molecule has 1 aromatic carbocycles. The van der Waals surface area contributed by atoms with Crippen LogP contribution in [0.15, 0.2) is 41.0 Å². The maximum atomic E-state index is 13.2. The molecule has 0 fully saturated rings. The van der Waals surface area contributed by atoms with Crippen molar-refractivity contribution in [1.29, 1.82) is 0 Å². The van der Waals surface area contributed by atoms with E-state index in [1.54, 1.807) is 6.07 Å². The molecule has 2 aromatic rings. The Balaban J connectivity index is 2.31. The fourth-order valence-corrected chi connectivity index (χ4v) is 1.50. The Morgan fingerprint density at radius 2 is 2.11 bits per heavy atom. The predicted molar refractivity (Wildman–Crippen MR) is 64.4 cm³/mol. The molecule has 0 aliphatic rings. The number of halogens is 1. The zero-order chi connectivity index (χ0) is 13.8. The van der Waals surface area contributed by atoms with Crippen LogP contribution in [0.3, 0.4) is 0 Å². The molecule has 0 aliphatic heterocycles. The van der Waals surface area contributed by atoms with Crippen molar-refractivity contribution in [3.63, 3.8) is 0 Å². The van der Waals surface area contributed by atoms with Crippen molar-refractivity contribution in [1.82, 2.24) is 0 Å². The summed E-state index contributed by atoms with van der Waals surface area (Å²) in [5.74, 6) is -1.78. The van der Waals surface area contributed by atoms with E-state index in [4.69, 9.17) is 4.42 Å². The van der Waals surface area contributed by atoms with Gasteiger partial charge >= 0.3 is 5.97 Å². The summed E-state index contributed by atoms with van der Waals surface area (Å²) in [5, 5.41) is 2.40. The summed E-state index contributed by atoms with van der Waals surface area (Å²) in [6.07, 6.45) is 1.34. The van der Waals surface area contributed by atoms with Crippen LogP contribution < -0.4 is 5.32 Å². The lowest BCUT2D eigenvalue weighted by molar-refractivity contribution is 0.0602. The number of rotatable bonds is 3. The molecule has 1 N–H and O–H groups in total. The van der Waals surface area contributed by atoms with Gasteiger partial charge in [0.05, 0.1) is 24.6 Å². The number of anilines is 1. The average molecular weight is 263 g/mol. The Morgan fingerprint density at radius 3 is 2.74 bits per heavy atom. The van der Waals surface area contributed by atoms with Gasteiger partial charge in [0.2, 0.25) is 0 Å². The molecule has 0 saturated carbocycles. The van der Waals surface area contributed by atoms with Crippen molar-refractivity contribution in [2.75, 3.05) is 12.4 Å². The highest BCUT2D eigenvalue weighted by Gasteiger charge is 2.16. The number of methoxy groups -OCH3 is 1. The average Bonchev–Trinajstić information content (AvgIpc) is 2.92. The third kappa shape index (κ3) is 2.79. The summed E-state index contributed by atoms with van der Waals surface area (Å²) in [7, 11) is 1.20. The molecule has 2 rings (SSSR count). The van der Waals surface area contributed by atoms with Crippen molar-refractivity contribution in [2.45, 2.75) is 0 Å². The maximum Gasteiger partial charge on any atom is 0.339 e. The highest BCUT2D eigenvalue weighted by molar-refractivity contribution is 6.06. The van der Waals surface area contributed by atoms with Crippen LogP contribution in [-0.4, -0.2) is 19.0 Å². The molecule has 0 spiro atoms. The van der Waals surface area contributed by atoms with E-state index in [9.17, 15) is 14.0 Å². The summed E-state index contributed by atoms with van der Waals surface area (Å²) >= 11 is 0. The van der Waals surface area contributed by atoms with Crippen molar-refractivity contribution in [3.05, 3.63) is 53.7 Å². The number of amides is 1. The van der Waals surface area contributed by atoms with Crippen LogP contribution in [0.2, 0.25) is 0 Å². The number of hydrogen-bond acceptors (Lipinski definition) is 4. The number of ether oxygens (including phenoxy) is 1. The van der Waals surface area contributed by atoms with Gasteiger partial charge < -0.3 is 14.5 Å². The maximum absolute atomic E-state index is 13.2. The molecule has 1 heterocycles. The lowest BCUT2D eigenvalue weighted by Gasteiger charge is -2.08. The van der Waals surface area contributed by atoms with E-state index in [-0.39, 0.29) is 17.0 Å². The number of benzene rings is 1. The monoisotopic (exact) mass is 263 g/mol. The molecular formula is C13H10FNO4. The van der Waals surface area contributed by atoms with Gasteiger partial charge in [0, 0.05) is 0 Å². The first-order valence-corrected chi connectivity index (χ1v) is 5.34. The van der Waals surface area contributed by atoms with Gasteiger partial charge in [-0.3, -0.25) is 4.79 Å². The van der Waals surface area contributed by atoms with E-state index in [0.29, 0.717) is 0 Å². The first-order chi connectivity index (χ1) is 9.11. The Bertz CT molecular complexity index is 607. The Kier molecular flexibility index (Phi) is 3.61. The SMILES string of the molecule is COC(=O)c1ccc(F)cc1NC(=O)c1ccco1. The summed E-state index contributed by atoms with van der Waals surface area (Å²) in [5.41, 5.74) is 0.0806. The predicted octanol–water partition coefficient (Wildman–Crippen LogP) is 2.46. The molecule has 0 bridgehead atoms. The zero-order valence-corrected chi connectivity index (χ0v) is 9.98. The minimum atomic E-state index is -0.672. The molecule has 98 valence electrons. The van der Waals surface area contributed by atoms with E-state index < -0.39 is 17.7 Å². The minimum Gasteiger partial charge on any atom is -0.465 e. The number of furan rings is 1. The number of nitrogens with one attached hydrogen (secondary N) is 1. The third-order valence-electron chi connectivity index (χ3n) is 2.38. The van der Waals surface area contributed by atoms with Gasteiger partial charge in [-0.25, -0.2) is 9.18 Å². The summed E-state index contributed by atoms with van der Waals surface area (Å²) < 4.78 is 22.6. The lowest BCUT2D eigenvalue weighted by Crippen LogP contribution is -2.15. The highest BCUT2D eigenvalue weighted by atomic mass is 19.1. The van der Waals surface area contributed by atoms with Crippen LogP contribution in [0.25, 0.3) is 0 Å². The van der Waals surface area contributed by atoms with Crippen LogP contribution in [-0.2, 0) is 4.74 Å². The molecule has 0 aliphatic carbocycles. The van der Waals surface area contributed by atoms with Crippen LogP contribution in [0.1, 0.15) is 20.9 Å². The van der Waals surface area contributed by atoms with Gasteiger partial charge in [-0.15, -0.1) is 0 Å². The third-order valence-corrected chi connectivity index (χ3v) is 2.38. The minimum absolute atomic E-state index is 0.0215. The standard InChI is InChI=1S/C13H10FNO4/c1-18-13(17)9-5-4-8(14)7-10(9)15-12(16)11-3-2-6-19-11/h2-7H,1H3,(H,15,16). The van der Waals surface area contributed by atoms with E-state index >= 15 is 0 Å². The zero-order valence-electron chi connectivity index (χ0n) is 9.98. The largest absolute Gasteiger partial charge is 0.465 e. The first kappa shape index (κ1) is 12.8. The summed E-state index contributed by atoms with van der Waals surface area (Å²) in [6, 6.07) is 6.37. The molecule has 0 unspecified atom stereocenters. The summed E-state index contributed by atoms with van der Waals surface area (Å²) in [6.45, 7) is 0. The van der Waals surface area contributed by atoms with Crippen LogP contribution in [0.5, 0.6) is 0 Å². The first-order valence-electron chi connectivity index (χ1n) is 5.34.